The molecule has 1 aromatic rings. The zero-order valence-corrected chi connectivity index (χ0v) is 9.45. The van der Waals surface area contributed by atoms with Crippen LogP contribution in [0.15, 0.2) is 24.3 Å². The summed E-state index contributed by atoms with van der Waals surface area (Å²) in [5.74, 6) is -0.204. The number of benzene rings is 1. The molecule has 3 heteroatoms. The van der Waals surface area contributed by atoms with E-state index in [1.165, 1.54) is 18.9 Å². The van der Waals surface area contributed by atoms with Crippen LogP contribution in [0.5, 0.6) is 0 Å². The first-order valence-electron chi connectivity index (χ1n) is 5.62. The number of nitrogens with zero attached hydrogens (tertiary/aromatic N) is 1. The molecule has 0 unspecified atom stereocenters. The molecule has 2 rings (SSSR count). The van der Waals surface area contributed by atoms with Gasteiger partial charge < -0.3 is 0 Å². The summed E-state index contributed by atoms with van der Waals surface area (Å²) in [6, 6.07) is 7.04. The molecule has 1 aromatic carbocycles. The zero-order chi connectivity index (χ0) is 11.5. The van der Waals surface area contributed by atoms with Crippen molar-refractivity contribution < 1.29 is 9.18 Å². The van der Waals surface area contributed by atoms with E-state index in [0.29, 0.717) is 18.2 Å². The van der Waals surface area contributed by atoms with E-state index in [0.717, 1.165) is 0 Å². The van der Waals surface area contributed by atoms with Crippen molar-refractivity contribution in [3.63, 3.8) is 0 Å². The van der Waals surface area contributed by atoms with Crippen molar-refractivity contribution in [3.8, 4) is 0 Å². The van der Waals surface area contributed by atoms with E-state index in [2.05, 4.69) is 4.90 Å². The minimum absolute atomic E-state index is 0.0829. The van der Waals surface area contributed by atoms with Crippen molar-refractivity contribution in [2.45, 2.75) is 25.3 Å². The molecule has 0 bridgehead atoms. The minimum atomic E-state index is -0.287. The van der Waals surface area contributed by atoms with Crippen LogP contribution < -0.4 is 0 Å². The molecule has 0 amide bonds. The monoisotopic (exact) mass is 221 g/mol. The Balaban J connectivity index is 1.89. The molecule has 0 aromatic heterocycles. The van der Waals surface area contributed by atoms with Crippen LogP contribution in [0, 0.1) is 5.82 Å². The normalized spacial score (nSPS) is 15.4. The van der Waals surface area contributed by atoms with Crippen LogP contribution in [-0.4, -0.2) is 30.3 Å². The Morgan fingerprint density at radius 2 is 2.12 bits per heavy atom. The largest absolute Gasteiger partial charge is 0.298 e. The number of ketones is 1. The molecule has 1 fully saturated rings. The van der Waals surface area contributed by atoms with Gasteiger partial charge in [-0.1, -0.05) is 18.2 Å². The number of hydrogen-bond acceptors (Lipinski definition) is 2. The minimum Gasteiger partial charge on any atom is -0.298 e. The van der Waals surface area contributed by atoms with Crippen molar-refractivity contribution >= 4 is 5.78 Å². The molecule has 86 valence electrons. The van der Waals surface area contributed by atoms with Gasteiger partial charge in [-0.05, 0) is 31.5 Å². The molecule has 1 saturated carbocycles. The molecule has 2 nitrogen and oxygen atoms in total. The van der Waals surface area contributed by atoms with Gasteiger partial charge in [0.25, 0.3) is 0 Å². The molecule has 0 aliphatic heterocycles. The van der Waals surface area contributed by atoms with Crippen LogP contribution in [0.1, 0.15) is 18.4 Å². The van der Waals surface area contributed by atoms with Crippen LogP contribution in [0.3, 0.4) is 0 Å². The van der Waals surface area contributed by atoms with Gasteiger partial charge in [-0.2, -0.15) is 0 Å². The highest BCUT2D eigenvalue weighted by Crippen LogP contribution is 2.25. The lowest BCUT2D eigenvalue weighted by atomic mass is 10.1. The summed E-state index contributed by atoms with van der Waals surface area (Å²) in [6.45, 7) is 0.430. The fraction of sp³-hybridized carbons (Fsp3) is 0.462. The number of Topliss-reactive ketones (excluding diaryl/α,β-unsaturated/α-hetero) is 1. The number of hydrogen-bond donors (Lipinski definition) is 0. The third-order valence-electron chi connectivity index (χ3n) is 2.94. The van der Waals surface area contributed by atoms with Crippen molar-refractivity contribution in [3.05, 3.63) is 35.6 Å². The van der Waals surface area contributed by atoms with Crippen molar-refractivity contribution in [1.29, 1.82) is 0 Å². The Morgan fingerprint density at radius 1 is 1.44 bits per heavy atom. The molecular formula is C13H16FNO. The molecule has 0 heterocycles. The lowest BCUT2D eigenvalue weighted by Crippen LogP contribution is -2.28. The Bertz CT molecular complexity index is 387. The van der Waals surface area contributed by atoms with Gasteiger partial charge in [0.05, 0.1) is 6.54 Å². The average Bonchev–Trinajstić information content (AvgIpc) is 3.04. The smallest absolute Gasteiger partial charge is 0.151 e. The molecule has 0 saturated heterocycles. The number of carbonyl (C=O) groups is 1. The molecular weight excluding hydrogens is 205 g/mol. The molecule has 0 atom stereocenters. The number of carbonyl (C=O) groups excluding carboxylic acids is 1. The van der Waals surface area contributed by atoms with Crippen LogP contribution in [-0.2, 0) is 11.2 Å². The molecule has 1 aliphatic carbocycles. The molecule has 1 aliphatic rings. The number of rotatable bonds is 5. The van der Waals surface area contributed by atoms with Crippen molar-refractivity contribution in [2.75, 3.05) is 13.6 Å². The predicted octanol–water partition coefficient (Wildman–Crippen LogP) is 2.03. The van der Waals surface area contributed by atoms with Gasteiger partial charge in [-0.3, -0.25) is 9.69 Å². The highest BCUT2D eigenvalue weighted by molar-refractivity contribution is 5.82. The van der Waals surface area contributed by atoms with E-state index in [1.54, 1.807) is 18.2 Å². The summed E-state index contributed by atoms with van der Waals surface area (Å²) in [5, 5.41) is 0. The van der Waals surface area contributed by atoms with E-state index < -0.39 is 0 Å². The van der Waals surface area contributed by atoms with Gasteiger partial charge in [-0.15, -0.1) is 0 Å². The average molecular weight is 221 g/mol. The highest BCUT2D eigenvalue weighted by Gasteiger charge is 2.27. The van der Waals surface area contributed by atoms with Crippen molar-refractivity contribution in [1.82, 2.24) is 4.90 Å². The number of likely N-dealkylation sites (N-methyl/N-ethyl adjacent to an activating group) is 1. The van der Waals surface area contributed by atoms with E-state index >= 15 is 0 Å². The first-order valence-corrected chi connectivity index (χ1v) is 5.62. The Kier molecular flexibility index (Phi) is 3.34. The maximum Gasteiger partial charge on any atom is 0.151 e. The summed E-state index contributed by atoms with van der Waals surface area (Å²) in [5.41, 5.74) is 0.497. The van der Waals surface area contributed by atoms with Gasteiger partial charge >= 0.3 is 0 Å². The third kappa shape index (κ3) is 2.89. The van der Waals surface area contributed by atoms with Gasteiger partial charge in [0.2, 0.25) is 0 Å². The number of halogens is 1. The maximum absolute atomic E-state index is 13.3. The zero-order valence-electron chi connectivity index (χ0n) is 9.45. The van der Waals surface area contributed by atoms with Gasteiger partial charge in [0.15, 0.2) is 5.78 Å². The second-order valence-corrected chi connectivity index (χ2v) is 4.45. The van der Waals surface area contributed by atoms with Crippen LogP contribution in [0.2, 0.25) is 0 Å². The van der Waals surface area contributed by atoms with Gasteiger partial charge in [-0.25, -0.2) is 4.39 Å². The Hall–Kier alpha value is -1.22. The molecule has 0 N–H and O–H groups in total. The van der Waals surface area contributed by atoms with Gasteiger partial charge in [0.1, 0.15) is 5.82 Å². The van der Waals surface area contributed by atoms with Gasteiger partial charge in [0, 0.05) is 12.5 Å². The second-order valence-electron chi connectivity index (χ2n) is 4.45. The lowest BCUT2D eigenvalue weighted by molar-refractivity contribution is -0.119. The fourth-order valence-corrected chi connectivity index (χ4v) is 1.83. The topological polar surface area (TPSA) is 20.3 Å². The Labute approximate surface area is 95.1 Å². The summed E-state index contributed by atoms with van der Waals surface area (Å²) in [6.07, 6.45) is 2.57. The fourth-order valence-electron chi connectivity index (χ4n) is 1.83. The second kappa shape index (κ2) is 4.74. The first kappa shape index (κ1) is 11.3. The summed E-state index contributed by atoms with van der Waals surface area (Å²) >= 11 is 0. The quantitative estimate of drug-likeness (QED) is 0.758. The molecule has 0 radical (unpaired) electrons. The van der Waals surface area contributed by atoms with Crippen LogP contribution in [0.4, 0.5) is 4.39 Å². The molecule has 16 heavy (non-hydrogen) atoms. The van der Waals surface area contributed by atoms with E-state index in [4.69, 9.17) is 0 Å². The van der Waals surface area contributed by atoms with E-state index in [-0.39, 0.29) is 18.0 Å². The van der Waals surface area contributed by atoms with Crippen LogP contribution >= 0.6 is 0 Å². The summed E-state index contributed by atoms with van der Waals surface area (Å²) < 4.78 is 13.3. The maximum atomic E-state index is 13.3. The lowest BCUT2D eigenvalue weighted by Gasteiger charge is -2.14. The van der Waals surface area contributed by atoms with Crippen LogP contribution in [0.25, 0.3) is 0 Å². The van der Waals surface area contributed by atoms with E-state index in [9.17, 15) is 9.18 Å². The van der Waals surface area contributed by atoms with E-state index in [1.807, 2.05) is 7.05 Å². The van der Waals surface area contributed by atoms with Crippen molar-refractivity contribution in [2.24, 2.45) is 0 Å². The predicted molar refractivity (Wildman–Crippen MR) is 60.8 cm³/mol. The summed E-state index contributed by atoms with van der Waals surface area (Å²) in [4.78, 5) is 13.8. The Morgan fingerprint density at radius 3 is 2.75 bits per heavy atom. The first-order chi connectivity index (χ1) is 7.66. The highest BCUT2D eigenvalue weighted by atomic mass is 19.1. The third-order valence-corrected chi connectivity index (χ3v) is 2.94. The summed E-state index contributed by atoms with van der Waals surface area (Å²) in [7, 11) is 1.96. The SMILES string of the molecule is CN(CC(=O)Cc1ccccc1F)C1CC1. The standard InChI is InChI=1S/C13H16FNO/c1-15(11-6-7-11)9-12(16)8-10-4-2-3-5-13(10)14/h2-5,11H,6-9H2,1H3. The molecule has 0 spiro atoms.